The third kappa shape index (κ3) is 0.775. The van der Waals surface area contributed by atoms with Crippen LogP contribution in [0, 0.1) is 5.92 Å². The smallest absolute Gasteiger partial charge is 0.140 e. The molecule has 1 rings (SSSR count). The average molecular weight is 110 g/mol. The van der Waals surface area contributed by atoms with E-state index in [2.05, 4.69) is 12.7 Å². The molecule has 0 aromatic carbocycles. The molecule has 1 unspecified atom stereocenters. The van der Waals surface area contributed by atoms with E-state index < -0.39 is 0 Å². The normalized spacial score (nSPS) is 25.8. The molecule has 8 heavy (non-hydrogen) atoms. The van der Waals surface area contributed by atoms with E-state index in [1.165, 1.54) is 0 Å². The number of rotatable bonds is 1. The second kappa shape index (κ2) is 2.06. The summed E-state index contributed by atoms with van der Waals surface area (Å²) in [7, 11) is 1.69. The molecular weight excluding hydrogens is 100 g/mol. The van der Waals surface area contributed by atoms with E-state index in [0.29, 0.717) is 5.92 Å². The fraction of sp³-hybridized carbons (Fsp3) is 0.571. The van der Waals surface area contributed by atoms with Gasteiger partial charge in [0.15, 0.2) is 0 Å². The third-order valence-corrected chi connectivity index (χ3v) is 1.38. The molecule has 0 fully saturated rings. The van der Waals surface area contributed by atoms with Gasteiger partial charge in [-0.1, -0.05) is 12.7 Å². The molecule has 1 aliphatic carbocycles. The molecule has 1 heteroatoms. The van der Waals surface area contributed by atoms with Gasteiger partial charge in [-0.15, -0.1) is 0 Å². The molecule has 0 aliphatic heterocycles. The minimum absolute atomic E-state index is 0.556. The maximum Gasteiger partial charge on any atom is 0.140 e. The Morgan fingerprint density at radius 3 is 2.88 bits per heavy atom. The van der Waals surface area contributed by atoms with E-state index in [4.69, 9.17) is 4.74 Å². The molecule has 0 saturated carbocycles. The Morgan fingerprint density at radius 2 is 2.62 bits per heavy atom. The number of hydrogen-bond donors (Lipinski definition) is 0. The van der Waals surface area contributed by atoms with Crippen LogP contribution in [0.25, 0.3) is 0 Å². The molecule has 0 heterocycles. The molecule has 44 valence electrons. The Kier molecular flexibility index (Phi) is 1.40. The fourth-order valence-corrected chi connectivity index (χ4v) is 0.846. The predicted molar refractivity (Wildman–Crippen MR) is 32.4 cm³/mol. The monoisotopic (exact) mass is 110 g/mol. The highest BCUT2D eigenvalue weighted by Gasteiger charge is 2.09. The zero-order valence-electron chi connectivity index (χ0n) is 5.27. The molecule has 1 aliphatic rings. The highest BCUT2D eigenvalue weighted by molar-refractivity contribution is 5.06. The van der Waals surface area contributed by atoms with Crippen molar-refractivity contribution in [1.29, 1.82) is 0 Å². The van der Waals surface area contributed by atoms with Crippen LogP contribution in [0.5, 0.6) is 0 Å². The molecule has 0 saturated heterocycles. The van der Waals surface area contributed by atoms with E-state index in [9.17, 15) is 0 Å². The molecule has 0 bridgehead atoms. The van der Waals surface area contributed by atoms with Crippen molar-refractivity contribution in [2.45, 2.75) is 13.3 Å². The van der Waals surface area contributed by atoms with Crippen molar-refractivity contribution in [2.75, 3.05) is 7.11 Å². The van der Waals surface area contributed by atoms with Crippen molar-refractivity contribution in [2.24, 2.45) is 5.92 Å². The first kappa shape index (κ1) is 5.46. The van der Waals surface area contributed by atoms with Gasteiger partial charge in [0.1, 0.15) is 5.76 Å². The molecule has 0 radical (unpaired) electrons. The van der Waals surface area contributed by atoms with Crippen molar-refractivity contribution < 1.29 is 4.74 Å². The van der Waals surface area contributed by atoms with Gasteiger partial charge in [0.25, 0.3) is 0 Å². The predicted octanol–water partition coefficient (Wildman–Crippen LogP) is 1.71. The largest absolute Gasteiger partial charge is 0.493 e. The standard InChI is InChI=1S/C7H10O/c1-6-4-3-5-7(6)8-2/h3,6H,4H2,1-2H3. The van der Waals surface area contributed by atoms with E-state index in [-0.39, 0.29) is 0 Å². The topological polar surface area (TPSA) is 9.23 Å². The van der Waals surface area contributed by atoms with Crippen LogP contribution in [0.1, 0.15) is 13.3 Å². The van der Waals surface area contributed by atoms with Gasteiger partial charge >= 0.3 is 0 Å². The van der Waals surface area contributed by atoms with Crippen LogP contribution in [0.15, 0.2) is 17.6 Å². The molecular formula is C7H10O. The van der Waals surface area contributed by atoms with Crippen LogP contribution < -0.4 is 0 Å². The Balaban J connectivity index is 2.62. The molecule has 1 nitrogen and oxygen atoms in total. The first-order valence-corrected chi connectivity index (χ1v) is 2.83. The number of ether oxygens (including phenoxy) is 1. The quantitative estimate of drug-likeness (QED) is 0.467. The van der Waals surface area contributed by atoms with E-state index in [0.717, 1.165) is 12.2 Å². The Morgan fingerprint density at radius 1 is 1.88 bits per heavy atom. The highest BCUT2D eigenvalue weighted by atomic mass is 16.5. The fourth-order valence-electron chi connectivity index (χ4n) is 0.846. The molecule has 0 aromatic rings. The summed E-state index contributed by atoms with van der Waals surface area (Å²) < 4.78 is 5.00. The molecule has 0 spiro atoms. The van der Waals surface area contributed by atoms with Gasteiger partial charge in [0, 0.05) is 5.92 Å². The maximum absolute atomic E-state index is 5.00. The van der Waals surface area contributed by atoms with Gasteiger partial charge in [-0.3, -0.25) is 0 Å². The number of allylic oxidation sites excluding steroid dienone is 1. The molecule has 0 aromatic heterocycles. The lowest BCUT2D eigenvalue weighted by Gasteiger charge is -2.03. The summed E-state index contributed by atoms with van der Waals surface area (Å²) in [5.41, 5.74) is 3.03. The first-order valence-electron chi connectivity index (χ1n) is 2.83. The zero-order chi connectivity index (χ0) is 5.98. The summed E-state index contributed by atoms with van der Waals surface area (Å²) >= 11 is 0. The first-order chi connectivity index (χ1) is 3.84. The maximum atomic E-state index is 5.00. The van der Waals surface area contributed by atoms with Crippen LogP contribution in [-0.4, -0.2) is 7.11 Å². The van der Waals surface area contributed by atoms with Gasteiger partial charge in [-0.2, -0.15) is 0 Å². The van der Waals surface area contributed by atoms with Crippen LogP contribution in [0.2, 0.25) is 0 Å². The second-order valence-electron chi connectivity index (χ2n) is 2.05. The van der Waals surface area contributed by atoms with E-state index >= 15 is 0 Å². The minimum Gasteiger partial charge on any atom is -0.493 e. The van der Waals surface area contributed by atoms with Gasteiger partial charge in [0.05, 0.1) is 7.11 Å². The lowest BCUT2D eigenvalue weighted by Crippen LogP contribution is -1.94. The average Bonchev–Trinajstić information content (AvgIpc) is 2.14. The minimum atomic E-state index is 0.556. The van der Waals surface area contributed by atoms with Crippen molar-refractivity contribution in [3.8, 4) is 0 Å². The van der Waals surface area contributed by atoms with Crippen molar-refractivity contribution >= 4 is 0 Å². The van der Waals surface area contributed by atoms with Gasteiger partial charge < -0.3 is 4.74 Å². The van der Waals surface area contributed by atoms with E-state index in [1.54, 1.807) is 7.11 Å². The lowest BCUT2D eigenvalue weighted by atomic mass is 10.1. The second-order valence-corrected chi connectivity index (χ2v) is 2.05. The molecule has 0 amide bonds. The number of hydrogen-bond acceptors (Lipinski definition) is 1. The van der Waals surface area contributed by atoms with Crippen LogP contribution >= 0.6 is 0 Å². The van der Waals surface area contributed by atoms with Gasteiger partial charge in [-0.05, 0) is 12.5 Å². The zero-order valence-corrected chi connectivity index (χ0v) is 5.27. The number of methoxy groups -OCH3 is 1. The Hall–Kier alpha value is -0.680. The third-order valence-electron chi connectivity index (χ3n) is 1.38. The summed E-state index contributed by atoms with van der Waals surface area (Å²) in [6, 6.07) is 0. The Bertz CT molecular complexity index is 140. The Labute approximate surface area is 49.7 Å². The molecule has 1 atom stereocenters. The summed E-state index contributed by atoms with van der Waals surface area (Å²) in [6.07, 6.45) is 3.10. The van der Waals surface area contributed by atoms with E-state index in [1.807, 2.05) is 6.08 Å². The van der Waals surface area contributed by atoms with Crippen molar-refractivity contribution in [3.05, 3.63) is 17.6 Å². The van der Waals surface area contributed by atoms with Crippen LogP contribution in [0.4, 0.5) is 0 Å². The summed E-state index contributed by atoms with van der Waals surface area (Å²) in [5, 5.41) is 0. The van der Waals surface area contributed by atoms with Crippen LogP contribution in [-0.2, 0) is 4.74 Å². The summed E-state index contributed by atoms with van der Waals surface area (Å²) in [5.74, 6) is 1.55. The van der Waals surface area contributed by atoms with Crippen LogP contribution in [0.3, 0.4) is 0 Å². The highest BCUT2D eigenvalue weighted by Crippen LogP contribution is 2.18. The van der Waals surface area contributed by atoms with Crippen molar-refractivity contribution in [3.63, 3.8) is 0 Å². The van der Waals surface area contributed by atoms with Gasteiger partial charge in [0.2, 0.25) is 0 Å². The van der Waals surface area contributed by atoms with Crippen molar-refractivity contribution in [1.82, 2.24) is 0 Å². The molecule has 0 N–H and O–H groups in total. The summed E-state index contributed by atoms with van der Waals surface area (Å²) in [6.45, 7) is 2.13. The van der Waals surface area contributed by atoms with Gasteiger partial charge in [-0.25, -0.2) is 0 Å². The SMILES string of the molecule is COC1=C=CCC1C. The summed E-state index contributed by atoms with van der Waals surface area (Å²) in [4.78, 5) is 0. The lowest BCUT2D eigenvalue weighted by molar-refractivity contribution is 0.254.